The van der Waals surface area contributed by atoms with E-state index in [4.69, 9.17) is 9.15 Å². The summed E-state index contributed by atoms with van der Waals surface area (Å²) < 4.78 is 11.0. The predicted octanol–water partition coefficient (Wildman–Crippen LogP) is 2.75. The molecular formula is C21H27N3O4. The van der Waals surface area contributed by atoms with Crippen LogP contribution in [-0.4, -0.2) is 61.1 Å². The number of hydrogen-bond acceptors (Lipinski definition) is 4. The molecule has 0 spiro atoms. The van der Waals surface area contributed by atoms with Gasteiger partial charge in [0.1, 0.15) is 12.4 Å². The van der Waals surface area contributed by atoms with E-state index in [0.29, 0.717) is 45.1 Å². The minimum absolute atomic E-state index is 0.133. The van der Waals surface area contributed by atoms with E-state index in [0.717, 1.165) is 16.9 Å². The highest BCUT2D eigenvalue weighted by molar-refractivity contribution is 5.91. The number of piperazine rings is 1. The Morgan fingerprint density at radius 1 is 1.04 bits per heavy atom. The number of carbonyl (C=O) groups is 2. The summed E-state index contributed by atoms with van der Waals surface area (Å²) in [7, 11) is 0. The summed E-state index contributed by atoms with van der Waals surface area (Å²) in [5.41, 5.74) is 3.40. The Morgan fingerprint density at radius 2 is 1.71 bits per heavy atom. The number of hydrogen-bond donors (Lipinski definition) is 1. The fraction of sp³-hybridized carbons (Fsp3) is 0.429. The Morgan fingerprint density at radius 3 is 2.39 bits per heavy atom. The zero-order valence-electron chi connectivity index (χ0n) is 16.7. The number of nitrogens with zero attached hydrogens (tertiary/aromatic N) is 2. The van der Waals surface area contributed by atoms with E-state index < -0.39 is 0 Å². The highest BCUT2D eigenvalue weighted by atomic mass is 16.5. The molecule has 0 radical (unpaired) electrons. The molecule has 1 aliphatic rings. The van der Waals surface area contributed by atoms with Gasteiger partial charge in [-0.3, -0.25) is 4.79 Å². The van der Waals surface area contributed by atoms with Crippen molar-refractivity contribution in [2.24, 2.45) is 0 Å². The van der Waals surface area contributed by atoms with Gasteiger partial charge < -0.3 is 24.3 Å². The predicted molar refractivity (Wildman–Crippen MR) is 106 cm³/mol. The molecule has 0 saturated carbocycles. The molecule has 7 nitrogen and oxygen atoms in total. The zero-order valence-corrected chi connectivity index (χ0v) is 16.7. The molecule has 1 saturated heterocycles. The molecule has 3 rings (SSSR count). The summed E-state index contributed by atoms with van der Waals surface area (Å²) in [4.78, 5) is 28.0. The molecular weight excluding hydrogens is 358 g/mol. The summed E-state index contributed by atoms with van der Waals surface area (Å²) in [5, 5.41) is 2.89. The third-order valence-corrected chi connectivity index (χ3v) is 5.08. The number of urea groups is 1. The lowest BCUT2D eigenvalue weighted by molar-refractivity contribution is 0.0634. The Bertz CT molecular complexity index is 824. The number of furan rings is 1. The van der Waals surface area contributed by atoms with Crippen LogP contribution in [0.2, 0.25) is 0 Å². The molecule has 0 atom stereocenters. The van der Waals surface area contributed by atoms with Crippen LogP contribution in [0.4, 0.5) is 4.79 Å². The largest absolute Gasteiger partial charge is 0.491 e. The molecule has 1 N–H and O–H groups in total. The van der Waals surface area contributed by atoms with Crippen LogP contribution in [0.5, 0.6) is 5.75 Å². The second-order valence-corrected chi connectivity index (χ2v) is 6.99. The van der Waals surface area contributed by atoms with Crippen molar-refractivity contribution >= 4 is 11.9 Å². The summed E-state index contributed by atoms with van der Waals surface area (Å²) in [5.74, 6) is 1.08. The van der Waals surface area contributed by atoms with Gasteiger partial charge in [-0.1, -0.05) is 12.1 Å². The fourth-order valence-electron chi connectivity index (χ4n) is 3.24. The number of benzene rings is 1. The van der Waals surface area contributed by atoms with Crippen LogP contribution in [0.3, 0.4) is 0 Å². The lowest BCUT2D eigenvalue weighted by Crippen LogP contribution is -2.53. The Labute approximate surface area is 165 Å². The van der Waals surface area contributed by atoms with Crippen LogP contribution >= 0.6 is 0 Å². The van der Waals surface area contributed by atoms with Crippen LogP contribution < -0.4 is 10.1 Å². The van der Waals surface area contributed by atoms with E-state index >= 15 is 0 Å². The molecule has 7 heteroatoms. The molecule has 2 aromatic rings. The van der Waals surface area contributed by atoms with Crippen molar-refractivity contribution in [3.05, 3.63) is 53.0 Å². The Balaban J connectivity index is 1.41. The third kappa shape index (κ3) is 4.47. The van der Waals surface area contributed by atoms with E-state index in [2.05, 4.69) is 18.3 Å². The van der Waals surface area contributed by atoms with Crippen molar-refractivity contribution in [1.82, 2.24) is 15.1 Å². The molecule has 0 bridgehead atoms. The monoisotopic (exact) mass is 385 g/mol. The average Bonchev–Trinajstić information content (AvgIpc) is 3.24. The minimum atomic E-state index is -0.137. The van der Waals surface area contributed by atoms with Gasteiger partial charge in [0, 0.05) is 26.2 Å². The number of aryl methyl sites for hydroxylation is 2. The van der Waals surface area contributed by atoms with Crippen LogP contribution in [0.25, 0.3) is 0 Å². The summed E-state index contributed by atoms with van der Waals surface area (Å²) >= 11 is 0. The van der Waals surface area contributed by atoms with Gasteiger partial charge in [-0.2, -0.15) is 0 Å². The molecule has 1 aliphatic heterocycles. The van der Waals surface area contributed by atoms with E-state index in [9.17, 15) is 9.59 Å². The van der Waals surface area contributed by atoms with Gasteiger partial charge in [0.2, 0.25) is 0 Å². The fourth-order valence-corrected chi connectivity index (χ4v) is 3.24. The van der Waals surface area contributed by atoms with E-state index in [1.54, 1.807) is 21.9 Å². The van der Waals surface area contributed by atoms with E-state index in [-0.39, 0.29) is 11.9 Å². The van der Waals surface area contributed by atoms with E-state index in [1.165, 1.54) is 11.8 Å². The van der Waals surface area contributed by atoms with Crippen molar-refractivity contribution in [1.29, 1.82) is 0 Å². The number of ether oxygens (including phenoxy) is 1. The zero-order chi connectivity index (χ0) is 20.1. The lowest BCUT2D eigenvalue weighted by Gasteiger charge is -2.34. The SMILES string of the molecule is Cc1ccc(C)c(OCCNC(=O)N2CCN(C(=O)c3ccco3)CC2)c1C. The molecule has 150 valence electrons. The lowest BCUT2D eigenvalue weighted by atomic mass is 10.1. The maximum atomic E-state index is 12.3. The quantitative estimate of drug-likeness (QED) is 0.803. The van der Waals surface area contributed by atoms with Gasteiger partial charge in [-0.25, -0.2) is 4.79 Å². The highest BCUT2D eigenvalue weighted by Crippen LogP contribution is 2.25. The molecule has 28 heavy (non-hydrogen) atoms. The van der Waals surface area contributed by atoms with Crippen molar-refractivity contribution in [2.45, 2.75) is 20.8 Å². The van der Waals surface area contributed by atoms with Crippen LogP contribution in [0, 0.1) is 20.8 Å². The van der Waals surface area contributed by atoms with Gasteiger partial charge in [0.25, 0.3) is 5.91 Å². The molecule has 1 aromatic heterocycles. The standard InChI is InChI=1S/C21H27N3O4/c1-15-6-7-16(2)19(17(15)3)28-14-8-22-21(26)24-11-9-23(10-12-24)20(25)18-5-4-13-27-18/h4-7,13H,8-12,14H2,1-3H3,(H,22,26). The van der Waals surface area contributed by atoms with Gasteiger partial charge in [0.15, 0.2) is 5.76 Å². The smallest absolute Gasteiger partial charge is 0.317 e. The van der Waals surface area contributed by atoms with Gasteiger partial charge in [-0.05, 0) is 49.6 Å². The normalized spacial score (nSPS) is 14.1. The topological polar surface area (TPSA) is 75.0 Å². The van der Waals surface area contributed by atoms with Gasteiger partial charge >= 0.3 is 6.03 Å². The second kappa shape index (κ2) is 8.82. The van der Waals surface area contributed by atoms with Gasteiger partial charge in [-0.15, -0.1) is 0 Å². The Hall–Kier alpha value is -2.96. The number of rotatable bonds is 5. The van der Waals surface area contributed by atoms with Crippen molar-refractivity contribution in [2.75, 3.05) is 39.3 Å². The second-order valence-electron chi connectivity index (χ2n) is 6.99. The van der Waals surface area contributed by atoms with Crippen molar-refractivity contribution in [3.8, 4) is 5.75 Å². The minimum Gasteiger partial charge on any atom is -0.491 e. The molecule has 3 amide bonds. The number of nitrogens with one attached hydrogen (secondary N) is 1. The van der Waals surface area contributed by atoms with Crippen LogP contribution in [-0.2, 0) is 0 Å². The van der Waals surface area contributed by atoms with Crippen LogP contribution in [0.15, 0.2) is 34.9 Å². The number of amides is 3. The van der Waals surface area contributed by atoms with Crippen LogP contribution in [0.1, 0.15) is 27.2 Å². The van der Waals surface area contributed by atoms with Gasteiger partial charge in [0.05, 0.1) is 12.8 Å². The van der Waals surface area contributed by atoms with Crippen molar-refractivity contribution in [3.63, 3.8) is 0 Å². The van der Waals surface area contributed by atoms with Crippen molar-refractivity contribution < 1.29 is 18.7 Å². The summed E-state index contributed by atoms with van der Waals surface area (Å²) in [6.45, 7) is 8.93. The maximum Gasteiger partial charge on any atom is 0.317 e. The third-order valence-electron chi connectivity index (χ3n) is 5.08. The number of carbonyl (C=O) groups excluding carboxylic acids is 2. The highest BCUT2D eigenvalue weighted by Gasteiger charge is 2.25. The molecule has 0 aliphatic carbocycles. The molecule has 0 unspecified atom stereocenters. The maximum absolute atomic E-state index is 12.3. The molecule has 1 aromatic carbocycles. The first-order valence-electron chi connectivity index (χ1n) is 9.52. The Kier molecular flexibility index (Phi) is 6.23. The first-order chi connectivity index (χ1) is 13.5. The first-order valence-corrected chi connectivity index (χ1v) is 9.52. The average molecular weight is 385 g/mol. The summed E-state index contributed by atoms with van der Waals surface area (Å²) in [6, 6.07) is 7.33. The summed E-state index contributed by atoms with van der Waals surface area (Å²) in [6.07, 6.45) is 1.48. The van der Waals surface area contributed by atoms with E-state index in [1.807, 2.05) is 19.9 Å². The first kappa shape index (κ1) is 19.8. The molecule has 1 fully saturated rings. The molecule has 2 heterocycles.